The first-order valence-corrected chi connectivity index (χ1v) is 10.5. The zero-order valence-electron chi connectivity index (χ0n) is 15.4. The van der Waals surface area contributed by atoms with Crippen molar-refractivity contribution in [2.45, 2.75) is 11.8 Å². The lowest BCUT2D eigenvalue weighted by Gasteiger charge is -2.12. The summed E-state index contributed by atoms with van der Waals surface area (Å²) in [5.74, 6) is -0.731. The lowest BCUT2D eigenvalue weighted by Crippen LogP contribution is -2.22. The summed E-state index contributed by atoms with van der Waals surface area (Å²) in [7, 11) is -0.716. The zero-order valence-corrected chi connectivity index (χ0v) is 17.1. The van der Waals surface area contributed by atoms with Crippen molar-refractivity contribution in [3.05, 3.63) is 64.9 Å². The number of thiazole rings is 1. The fraction of sp³-hybridized carbons (Fsp3) is 0.158. The number of carbonyl (C=O) groups excluding carboxylic acids is 1. The van der Waals surface area contributed by atoms with Crippen LogP contribution >= 0.6 is 11.3 Å². The summed E-state index contributed by atoms with van der Waals surface area (Å²) in [6.07, 6.45) is 0. The van der Waals surface area contributed by atoms with Crippen LogP contribution in [0.4, 0.5) is 10.1 Å². The van der Waals surface area contributed by atoms with Gasteiger partial charge in [0.15, 0.2) is 0 Å². The number of anilines is 1. The van der Waals surface area contributed by atoms with Gasteiger partial charge < -0.3 is 5.32 Å². The first kappa shape index (κ1) is 20.1. The minimum atomic E-state index is -3.60. The molecule has 0 aliphatic rings. The molecule has 146 valence electrons. The van der Waals surface area contributed by atoms with Gasteiger partial charge in [0.2, 0.25) is 10.0 Å². The molecule has 0 saturated carbocycles. The third-order valence-electron chi connectivity index (χ3n) is 3.96. The van der Waals surface area contributed by atoms with Crippen molar-refractivity contribution in [2.24, 2.45) is 0 Å². The van der Waals surface area contributed by atoms with Gasteiger partial charge in [-0.25, -0.2) is 22.1 Å². The summed E-state index contributed by atoms with van der Waals surface area (Å²) in [6.45, 7) is 1.71. The van der Waals surface area contributed by atoms with E-state index in [9.17, 15) is 17.6 Å². The molecule has 3 rings (SSSR count). The number of nitrogens with zero attached hydrogens (tertiary/aromatic N) is 2. The van der Waals surface area contributed by atoms with Crippen LogP contribution in [0.1, 0.15) is 15.4 Å². The van der Waals surface area contributed by atoms with Crippen LogP contribution in [0.3, 0.4) is 0 Å². The van der Waals surface area contributed by atoms with E-state index in [0.717, 1.165) is 4.31 Å². The molecule has 0 unspecified atom stereocenters. The molecule has 9 heteroatoms. The molecule has 0 bridgehead atoms. The number of hydrogen-bond acceptors (Lipinski definition) is 5. The van der Waals surface area contributed by atoms with Gasteiger partial charge in [0.25, 0.3) is 5.91 Å². The van der Waals surface area contributed by atoms with E-state index in [-0.39, 0.29) is 16.6 Å². The number of sulfonamides is 1. The van der Waals surface area contributed by atoms with Crippen molar-refractivity contribution in [1.82, 2.24) is 9.29 Å². The summed E-state index contributed by atoms with van der Waals surface area (Å²) >= 11 is 1.19. The SMILES string of the molecule is Cc1nc(-c2ccc(F)cc2)sc1C(=O)Nc1cccc(S(=O)(=O)N(C)C)c1. The predicted octanol–water partition coefficient (Wildman–Crippen LogP) is 3.76. The number of hydrogen-bond donors (Lipinski definition) is 1. The highest BCUT2D eigenvalue weighted by Crippen LogP contribution is 2.29. The molecule has 0 radical (unpaired) electrons. The molecule has 0 saturated heterocycles. The summed E-state index contributed by atoms with van der Waals surface area (Å²) in [4.78, 5) is 17.5. The number of aromatic nitrogens is 1. The summed E-state index contributed by atoms with van der Waals surface area (Å²) in [6, 6.07) is 11.9. The highest BCUT2D eigenvalue weighted by molar-refractivity contribution is 7.89. The quantitative estimate of drug-likeness (QED) is 0.683. The molecule has 0 spiro atoms. The van der Waals surface area contributed by atoms with E-state index in [1.807, 2.05) is 0 Å². The normalized spacial score (nSPS) is 11.6. The lowest BCUT2D eigenvalue weighted by molar-refractivity contribution is 0.102. The second-order valence-electron chi connectivity index (χ2n) is 6.21. The number of benzene rings is 2. The number of aryl methyl sites for hydroxylation is 1. The largest absolute Gasteiger partial charge is 0.321 e. The average Bonchev–Trinajstić information content (AvgIpc) is 3.04. The maximum absolute atomic E-state index is 13.1. The van der Waals surface area contributed by atoms with Crippen LogP contribution in [-0.2, 0) is 10.0 Å². The number of carbonyl (C=O) groups is 1. The van der Waals surface area contributed by atoms with E-state index in [4.69, 9.17) is 0 Å². The van der Waals surface area contributed by atoms with Gasteiger partial charge in [-0.2, -0.15) is 0 Å². The van der Waals surface area contributed by atoms with Crippen LogP contribution in [0, 0.1) is 12.7 Å². The Labute approximate surface area is 166 Å². The fourth-order valence-electron chi connectivity index (χ4n) is 2.46. The van der Waals surface area contributed by atoms with E-state index < -0.39 is 10.0 Å². The van der Waals surface area contributed by atoms with Crippen molar-refractivity contribution in [3.63, 3.8) is 0 Å². The summed E-state index contributed by atoms with van der Waals surface area (Å²) < 4.78 is 38.7. The molecular formula is C19H18FN3O3S2. The molecule has 3 aromatic rings. The Morgan fingerprint density at radius 2 is 1.82 bits per heavy atom. The van der Waals surface area contributed by atoms with Crippen molar-refractivity contribution in [3.8, 4) is 10.6 Å². The van der Waals surface area contributed by atoms with Gasteiger partial charge in [-0.1, -0.05) is 6.07 Å². The Hall–Kier alpha value is -2.62. The average molecular weight is 420 g/mol. The number of rotatable bonds is 5. The molecule has 28 heavy (non-hydrogen) atoms. The monoisotopic (exact) mass is 419 g/mol. The smallest absolute Gasteiger partial charge is 0.267 e. The van der Waals surface area contributed by atoms with E-state index in [1.165, 1.54) is 49.7 Å². The second kappa shape index (κ2) is 7.78. The molecule has 1 aromatic heterocycles. The first-order chi connectivity index (χ1) is 13.2. The minimum Gasteiger partial charge on any atom is -0.321 e. The Kier molecular flexibility index (Phi) is 5.59. The van der Waals surface area contributed by atoms with E-state index in [1.54, 1.807) is 31.2 Å². The Morgan fingerprint density at radius 3 is 2.46 bits per heavy atom. The number of amides is 1. The van der Waals surface area contributed by atoms with Gasteiger partial charge >= 0.3 is 0 Å². The van der Waals surface area contributed by atoms with Crippen molar-refractivity contribution < 1.29 is 17.6 Å². The molecule has 6 nitrogen and oxygen atoms in total. The zero-order chi connectivity index (χ0) is 20.5. The standard InChI is InChI=1S/C19H18FN3O3S2/c1-12-17(27-19(21-12)13-7-9-14(20)10-8-13)18(24)22-15-5-4-6-16(11-15)28(25,26)23(2)3/h4-11H,1-3H3,(H,22,24). The van der Waals surface area contributed by atoms with Crippen molar-refractivity contribution >= 4 is 33.0 Å². The molecule has 1 heterocycles. The fourth-order valence-corrected chi connectivity index (χ4v) is 4.37. The highest BCUT2D eigenvalue weighted by Gasteiger charge is 2.19. The Morgan fingerprint density at radius 1 is 1.14 bits per heavy atom. The molecule has 0 aliphatic heterocycles. The Balaban J connectivity index is 1.85. The third-order valence-corrected chi connectivity index (χ3v) is 6.98. The molecule has 2 aromatic carbocycles. The molecule has 0 aliphatic carbocycles. The maximum Gasteiger partial charge on any atom is 0.267 e. The van der Waals surface area contributed by atoms with E-state index in [2.05, 4.69) is 10.3 Å². The molecule has 1 amide bonds. The van der Waals surface area contributed by atoms with Gasteiger partial charge in [0, 0.05) is 25.3 Å². The lowest BCUT2D eigenvalue weighted by atomic mass is 10.2. The van der Waals surface area contributed by atoms with Crippen LogP contribution in [0.25, 0.3) is 10.6 Å². The van der Waals surface area contributed by atoms with Crippen LogP contribution in [-0.4, -0.2) is 37.7 Å². The van der Waals surface area contributed by atoms with Gasteiger partial charge in [-0.3, -0.25) is 4.79 Å². The van der Waals surface area contributed by atoms with Crippen LogP contribution in [0.5, 0.6) is 0 Å². The van der Waals surface area contributed by atoms with E-state index in [0.29, 0.717) is 26.8 Å². The topological polar surface area (TPSA) is 79.4 Å². The summed E-state index contributed by atoms with van der Waals surface area (Å²) in [5, 5.41) is 3.32. The maximum atomic E-state index is 13.1. The second-order valence-corrected chi connectivity index (χ2v) is 9.36. The molecule has 1 N–H and O–H groups in total. The number of nitrogens with one attached hydrogen (secondary N) is 1. The predicted molar refractivity (Wildman–Crippen MR) is 108 cm³/mol. The van der Waals surface area contributed by atoms with Crippen LogP contribution in [0.15, 0.2) is 53.4 Å². The molecule has 0 fully saturated rings. The summed E-state index contributed by atoms with van der Waals surface area (Å²) in [5.41, 5.74) is 1.62. The van der Waals surface area contributed by atoms with E-state index >= 15 is 0 Å². The molecule has 0 atom stereocenters. The van der Waals surface area contributed by atoms with Gasteiger partial charge in [-0.05, 0) is 49.4 Å². The first-order valence-electron chi connectivity index (χ1n) is 8.26. The highest BCUT2D eigenvalue weighted by atomic mass is 32.2. The van der Waals surface area contributed by atoms with Gasteiger partial charge in [0.1, 0.15) is 15.7 Å². The minimum absolute atomic E-state index is 0.0864. The Bertz CT molecular complexity index is 1120. The van der Waals surface area contributed by atoms with Crippen molar-refractivity contribution in [1.29, 1.82) is 0 Å². The molecular weight excluding hydrogens is 401 g/mol. The third kappa shape index (κ3) is 4.11. The van der Waals surface area contributed by atoms with Crippen LogP contribution in [0.2, 0.25) is 0 Å². The van der Waals surface area contributed by atoms with Gasteiger partial charge in [-0.15, -0.1) is 11.3 Å². The number of halogens is 1. The van der Waals surface area contributed by atoms with Crippen LogP contribution < -0.4 is 5.32 Å². The van der Waals surface area contributed by atoms with Gasteiger partial charge in [0.05, 0.1) is 10.6 Å². The van der Waals surface area contributed by atoms with Crippen molar-refractivity contribution in [2.75, 3.05) is 19.4 Å².